The van der Waals surface area contributed by atoms with Crippen molar-refractivity contribution in [3.63, 3.8) is 0 Å². The molecule has 0 aromatic heterocycles. The zero-order valence-electron chi connectivity index (χ0n) is 37.2. The highest BCUT2D eigenvalue weighted by Gasteiger charge is 2.43. The van der Waals surface area contributed by atoms with Gasteiger partial charge in [-0.1, -0.05) is 65.8 Å². The Morgan fingerprint density at radius 3 is 1.38 bits per heavy atom. The lowest BCUT2D eigenvalue weighted by Gasteiger charge is -2.35. The molecule has 2 aliphatic rings. The predicted molar refractivity (Wildman–Crippen MR) is 233 cm³/mol. The summed E-state index contributed by atoms with van der Waals surface area (Å²) in [6.45, 7) is 12.2. The van der Waals surface area contributed by atoms with Crippen LogP contribution in [0, 0.1) is 22.5 Å². The van der Waals surface area contributed by atoms with E-state index in [1.807, 2.05) is 46.4 Å². The zero-order chi connectivity index (χ0) is 46.2. The number of likely N-dealkylation sites (tertiary alicyclic amines) is 2. The van der Waals surface area contributed by atoms with Crippen molar-refractivity contribution in [3.8, 4) is 0 Å². The molecule has 4 unspecified atom stereocenters. The summed E-state index contributed by atoms with van der Waals surface area (Å²) in [6, 6.07) is 14.5. The van der Waals surface area contributed by atoms with Gasteiger partial charge in [-0.3, -0.25) is 19.2 Å². The van der Waals surface area contributed by atoms with Gasteiger partial charge in [0, 0.05) is 49.3 Å². The molecule has 2 saturated heterocycles. The van der Waals surface area contributed by atoms with Gasteiger partial charge in [-0.2, -0.15) is 0 Å². The van der Waals surface area contributed by atoms with Crippen molar-refractivity contribution < 1.29 is 47.0 Å². The van der Waals surface area contributed by atoms with Crippen LogP contribution in [0.3, 0.4) is 0 Å². The summed E-state index contributed by atoms with van der Waals surface area (Å²) in [5, 5.41) is 11.1. The van der Waals surface area contributed by atoms with E-state index in [0.29, 0.717) is 55.8 Å². The summed E-state index contributed by atoms with van der Waals surface area (Å²) in [5.74, 6) is -3.45. The third-order valence-corrected chi connectivity index (χ3v) is 11.3. The molecule has 3 aromatic rings. The molecule has 4 atom stereocenters. The highest BCUT2D eigenvalue weighted by Crippen LogP contribution is 2.29. The average Bonchev–Trinajstić information content (AvgIpc) is 3.94. The van der Waals surface area contributed by atoms with E-state index in [1.165, 1.54) is 30.1 Å². The fourth-order valence-corrected chi connectivity index (χ4v) is 7.79. The number of rotatable bonds is 13. The fraction of sp³-hybridized carbons (Fsp3) is 0.478. The van der Waals surface area contributed by atoms with Crippen LogP contribution in [0.1, 0.15) is 78.4 Å². The zero-order valence-corrected chi connectivity index (χ0v) is 37.2. The van der Waals surface area contributed by atoms with E-state index in [9.17, 15) is 37.5 Å². The number of nitrogens with zero attached hydrogens (tertiary/aromatic N) is 3. The summed E-state index contributed by atoms with van der Waals surface area (Å²) < 4.78 is 38.1. The normalized spacial score (nSPS) is 17.3. The molecule has 0 radical (unpaired) electrons. The molecule has 17 heteroatoms. The monoisotopic (exact) mass is 875 g/mol. The van der Waals surface area contributed by atoms with E-state index in [4.69, 9.17) is 9.47 Å². The standard InChI is InChI=1S/C46H59F2N7O8/c1-45(2,3)37(51-43(60)62-7)41(58)54-23-9-11-35(54)39(56)49-30-17-13-28(14-18-30)26-53(32-21-22-33(47)34(48)25-32)27-29-15-19-31(20-16-29)50-40(57)36-12-10-24-55(36)42(59)38(46(4,5)6)52-44(61)63-8/h13-22,25,35-38H,9-12,23-24,26-27H2,1-8H3,(H,49,56)(H,50,57)(H,51,60)(H,52,61). The van der Waals surface area contributed by atoms with Gasteiger partial charge in [0.15, 0.2) is 11.6 Å². The van der Waals surface area contributed by atoms with E-state index >= 15 is 0 Å². The van der Waals surface area contributed by atoms with Gasteiger partial charge < -0.3 is 45.4 Å². The number of hydrogen-bond acceptors (Lipinski definition) is 9. The number of anilines is 3. The van der Waals surface area contributed by atoms with E-state index in [1.54, 1.807) is 48.5 Å². The number of carbonyl (C=O) groups excluding carboxylic acids is 6. The minimum atomic E-state index is -1.00. The van der Waals surface area contributed by atoms with Crippen LogP contribution in [0.25, 0.3) is 0 Å². The number of halogens is 2. The predicted octanol–water partition coefficient (Wildman–Crippen LogP) is 6.57. The van der Waals surface area contributed by atoms with Crippen LogP contribution in [-0.4, -0.2) is 97.1 Å². The molecule has 5 rings (SSSR count). The first kappa shape index (κ1) is 47.8. The highest BCUT2D eigenvalue weighted by molar-refractivity contribution is 6.00. The molecule has 0 spiro atoms. The molecule has 340 valence electrons. The maximum absolute atomic E-state index is 14.5. The van der Waals surface area contributed by atoms with Crippen LogP contribution in [0.5, 0.6) is 0 Å². The summed E-state index contributed by atoms with van der Waals surface area (Å²) in [4.78, 5) is 83.3. The van der Waals surface area contributed by atoms with Crippen molar-refractivity contribution in [2.75, 3.05) is 42.8 Å². The number of ether oxygens (including phenoxy) is 2. The summed E-state index contributed by atoms with van der Waals surface area (Å²) >= 11 is 0. The Kier molecular flexibility index (Phi) is 15.4. The minimum absolute atomic E-state index is 0.274. The number of alkyl carbamates (subject to hydrolysis) is 2. The van der Waals surface area contributed by atoms with Crippen LogP contribution in [0.15, 0.2) is 66.7 Å². The van der Waals surface area contributed by atoms with Crippen LogP contribution in [-0.2, 0) is 41.7 Å². The molecule has 0 aliphatic carbocycles. The van der Waals surface area contributed by atoms with Crippen LogP contribution < -0.4 is 26.2 Å². The molecular formula is C46H59F2N7O8. The molecule has 15 nitrogen and oxygen atoms in total. The van der Waals surface area contributed by atoms with Crippen molar-refractivity contribution in [2.24, 2.45) is 10.8 Å². The van der Waals surface area contributed by atoms with Gasteiger partial charge in [0.1, 0.15) is 24.2 Å². The molecule has 2 fully saturated rings. The van der Waals surface area contributed by atoms with Gasteiger partial charge in [-0.15, -0.1) is 0 Å². The van der Waals surface area contributed by atoms with Crippen LogP contribution in [0.2, 0.25) is 0 Å². The summed E-state index contributed by atoms with van der Waals surface area (Å²) in [5.41, 5.74) is 1.72. The maximum atomic E-state index is 14.5. The van der Waals surface area contributed by atoms with E-state index in [-0.39, 0.29) is 36.7 Å². The van der Waals surface area contributed by atoms with Gasteiger partial charge in [0.2, 0.25) is 23.6 Å². The molecular weight excluding hydrogens is 817 g/mol. The van der Waals surface area contributed by atoms with Crippen LogP contribution in [0.4, 0.5) is 35.4 Å². The number of hydrogen-bond donors (Lipinski definition) is 4. The Bertz CT molecular complexity index is 2010. The third-order valence-electron chi connectivity index (χ3n) is 11.3. The Balaban J connectivity index is 1.25. The van der Waals surface area contributed by atoms with E-state index < -0.39 is 58.8 Å². The summed E-state index contributed by atoms with van der Waals surface area (Å²) in [6.07, 6.45) is 0.671. The van der Waals surface area contributed by atoms with E-state index in [0.717, 1.165) is 23.3 Å². The summed E-state index contributed by atoms with van der Waals surface area (Å²) in [7, 11) is 2.44. The lowest BCUT2D eigenvalue weighted by Crippen LogP contribution is -2.57. The first-order valence-electron chi connectivity index (χ1n) is 21.0. The molecule has 6 amide bonds. The Morgan fingerprint density at radius 2 is 1.03 bits per heavy atom. The fourth-order valence-electron chi connectivity index (χ4n) is 7.79. The molecule has 63 heavy (non-hydrogen) atoms. The van der Waals surface area contributed by atoms with Crippen LogP contribution >= 0.6 is 0 Å². The highest BCUT2D eigenvalue weighted by atomic mass is 19.2. The Labute approximate surface area is 367 Å². The third kappa shape index (κ3) is 12.2. The lowest BCUT2D eigenvalue weighted by molar-refractivity contribution is -0.140. The number of nitrogens with one attached hydrogen (secondary N) is 4. The minimum Gasteiger partial charge on any atom is -0.453 e. The number of methoxy groups -OCH3 is 2. The first-order valence-corrected chi connectivity index (χ1v) is 21.0. The average molecular weight is 876 g/mol. The van der Waals surface area contributed by atoms with Crippen molar-refractivity contribution in [3.05, 3.63) is 89.5 Å². The van der Waals surface area contributed by atoms with Crippen molar-refractivity contribution in [2.45, 2.75) is 104 Å². The second-order valence-corrected chi connectivity index (χ2v) is 18.1. The van der Waals surface area contributed by atoms with E-state index in [2.05, 4.69) is 21.3 Å². The smallest absolute Gasteiger partial charge is 0.407 e. The van der Waals surface area contributed by atoms with Crippen molar-refractivity contribution >= 4 is 52.9 Å². The van der Waals surface area contributed by atoms with Gasteiger partial charge in [-0.25, -0.2) is 18.4 Å². The molecule has 0 saturated carbocycles. The quantitative estimate of drug-likeness (QED) is 0.148. The van der Waals surface area contributed by atoms with Crippen molar-refractivity contribution in [1.82, 2.24) is 20.4 Å². The lowest BCUT2D eigenvalue weighted by atomic mass is 9.85. The molecule has 0 bridgehead atoms. The number of amides is 6. The molecule has 4 N–H and O–H groups in total. The van der Waals surface area contributed by atoms with Gasteiger partial charge in [0.25, 0.3) is 0 Å². The SMILES string of the molecule is COC(=O)NC(C(=O)N1CCCC1C(=O)Nc1ccc(CN(Cc2ccc(NC(=O)C3CCCN3C(=O)C(NC(=O)OC)C(C)(C)C)cc2)c2ccc(F)c(F)c2)cc1)C(C)(C)C. The Hall–Kier alpha value is -6.26. The molecule has 3 aromatic carbocycles. The van der Waals surface area contributed by atoms with Crippen molar-refractivity contribution in [1.29, 1.82) is 0 Å². The molecule has 2 heterocycles. The topological polar surface area (TPSA) is 179 Å². The number of benzene rings is 3. The van der Waals surface area contributed by atoms with Gasteiger partial charge in [-0.05, 0) is 84.0 Å². The van der Waals surface area contributed by atoms with Gasteiger partial charge >= 0.3 is 12.2 Å². The Morgan fingerprint density at radius 1 is 0.635 bits per heavy atom. The maximum Gasteiger partial charge on any atom is 0.407 e. The van der Waals surface area contributed by atoms with Gasteiger partial charge in [0.05, 0.1) is 14.2 Å². The second-order valence-electron chi connectivity index (χ2n) is 18.1. The molecule has 2 aliphatic heterocycles. The largest absolute Gasteiger partial charge is 0.453 e. The first-order chi connectivity index (χ1) is 29.7. The number of carbonyl (C=O) groups is 6. The second kappa shape index (κ2) is 20.3.